The topological polar surface area (TPSA) is 52.7 Å². The van der Waals surface area contributed by atoms with Gasteiger partial charge in [0, 0.05) is 26.2 Å². The second kappa shape index (κ2) is 7.94. The van der Waals surface area contributed by atoms with E-state index in [0.717, 1.165) is 19.5 Å². The van der Waals surface area contributed by atoms with Gasteiger partial charge in [-0.1, -0.05) is 24.3 Å². The minimum Gasteiger partial charge on any atom is -0.355 e. The lowest BCUT2D eigenvalue weighted by molar-refractivity contribution is -0.136. The van der Waals surface area contributed by atoms with Gasteiger partial charge < -0.3 is 10.2 Å². The van der Waals surface area contributed by atoms with Gasteiger partial charge in [0.15, 0.2) is 0 Å². The number of amides is 2. The molecule has 5 heteroatoms. The van der Waals surface area contributed by atoms with E-state index in [4.69, 9.17) is 0 Å². The first-order valence-electron chi connectivity index (χ1n) is 7.97. The van der Waals surface area contributed by atoms with Crippen molar-refractivity contribution in [3.05, 3.63) is 35.4 Å². The van der Waals surface area contributed by atoms with Crippen molar-refractivity contribution in [2.24, 2.45) is 0 Å². The van der Waals surface area contributed by atoms with Gasteiger partial charge in [-0.25, -0.2) is 0 Å². The van der Waals surface area contributed by atoms with E-state index in [-0.39, 0.29) is 18.4 Å². The normalized spacial score (nSPS) is 14.3. The van der Waals surface area contributed by atoms with Gasteiger partial charge in [0.2, 0.25) is 11.8 Å². The molecule has 2 amide bonds. The van der Waals surface area contributed by atoms with Gasteiger partial charge >= 0.3 is 0 Å². The summed E-state index contributed by atoms with van der Waals surface area (Å²) in [6.07, 6.45) is 0.978. The molecule has 0 bridgehead atoms. The first-order valence-corrected chi connectivity index (χ1v) is 7.97. The maximum absolute atomic E-state index is 12.4. The fourth-order valence-corrected chi connectivity index (χ4v) is 2.78. The third-order valence-corrected chi connectivity index (χ3v) is 4.01. The molecule has 0 fully saturated rings. The van der Waals surface area contributed by atoms with Crippen LogP contribution >= 0.6 is 0 Å². The van der Waals surface area contributed by atoms with Gasteiger partial charge in [0.1, 0.15) is 0 Å². The Morgan fingerprint density at radius 2 is 1.95 bits per heavy atom. The summed E-state index contributed by atoms with van der Waals surface area (Å²) < 4.78 is 0. The number of likely N-dealkylation sites (N-methyl/N-ethyl adjacent to an activating group) is 2. The fraction of sp³-hybridized carbons (Fsp3) is 0.529. The third-order valence-electron chi connectivity index (χ3n) is 4.01. The number of nitrogens with one attached hydrogen (secondary N) is 1. The van der Waals surface area contributed by atoms with E-state index in [9.17, 15) is 9.59 Å². The smallest absolute Gasteiger partial charge is 0.239 e. The van der Waals surface area contributed by atoms with Gasteiger partial charge in [0.05, 0.1) is 13.1 Å². The van der Waals surface area contributed by atoms with Crippen LogP contribution in [0.1, 0.15) is 25.0 Å². The van der Waals surface area contributed by atoms with Crippen LogP contribution in [-0.4, -0.2) is 54.3 Å². The number of fused-ring (bicyclic) bond motifs is 1. The fourth-order valence-electron chi connectivity index (χ4n) is 2.78. The molecular formula is C17H25N3O2. The lowest BCUT2D eigenvalue weighted by Crippen LogP contribution is -2.46. The molecule has 0 saturated carbocycles. The summed E-state index contributed by atoms with van der Waals surface area (Å²) in [7, 11) is 0. The minimum absolute atomic E-state index is 0.0214. The van der Waals surface area contributed by atoms with Crippen LogP contribution in [0.5, 0.6) is 0 Å². The Hall–Kier alpha value is -1.88. The first-order chi connectivity index (χ1) is 10.6. The zero-order valence-electron chi connectivity index (χ0n) is 13.5. The summed E-state index contributed by atoms with van der Waals surface area (Å²) in [4.78, 5) is 27.8. The van der Waals surface area contributed by atoms with E-state index in [1.165, 1.54) is 11.1 Å². The molecule has 0 atom stereocenters. The van der Waals surface area contributed by atoms with Crippen molar-refractivity contribution in [3.63, 3.8) is 0 Å². The van der Waals surface area contributed by atoms with Crippen LogP contribution in [0.2, 0.25) is 0 Å². The van der Waals surface area contributed by atoms with Gasteiger partial charge in [-0.05, 0) is 31.4 Å². The van der Waals surface area contributed by atoms with Gasteiger partial charge in [-0.3, -0.25) is 14.5 Å². The number of rotatable bonds is 6. The van der Waals surface area contributed by atoms with Crippen LogP contribution in [0.3, 0.4) is 0 Å². The van der Waals surface area contributed by atoms with Crippen molar-refractivity contribution < 1.29 is 9.59 Å². The van der Waals surface area contributed by atoms with Crippen molar-refractivity contribution in [3.8, 4) is 0 Å². The van der Waals surface area contributed by atoms with E-state index in [1.54, 1.807) is 4.90 Å². The van der Waals surface area contributed by atoms with Crippen LogP contribution in [-0.2, 0) is 22.6 Å². The zero-order chi connectivity index (χ0) is 15.9. The molecule has 1 aliphatic rings. The Bertz CT molecular complexity index is 530. The Balaban J connectivity index is 1.90. The monoisotopic (exact) mass is 303 g/mol. The van der Waals surface area contributed by atoms with E-state index >= 15 is 0 Å². The predicted molar refractivity (Wildman–Crippen MR) is 86.4 cm³/mol. The Morgan fingerprint density at radius 3 is 2.64 bits per heavy atom. The highest BCUT2D eigenvalue weighted by Crippen LogP contribution is 2.18. The lowest BCUT2D eigenvalue weighted by Gasteiger charge is -2.30. The first kappa shape index (κ1) is 16.5. The molecule has 0 unspecified atom stereocenters. The van der Waals surface area contributed by atoms with Gasteiger partial charge in [-0.2, -0.15) is 0 Å². The lowest BCUT2D eigenvalue weighted by atomic mass is 10.00. The molecule has 0 spiro atoms. The third kappa shape index (κ3) is 4.31. The molecule has 0 radical (unpaired) electrons. The zero-order valence-corrected chi connectivity index (χ0v) is 13.5. The maximum atomic E-state index is 12.4. The standard InChI is InChI=1S/C17H25N3O2/c1-3-18-16(21)12-20(4-2)17(22)13-19-10-9-14-7-5-6-8-15(14)11-19/h5-8H,3-4,9-13H2,1-2H3,(H,18,21). The van der Waals surface area contributed by atoms with Gasteiger partial charge in [-0.15, -0.1) is 0 Å². The van der Waals surface area contributed by atoms with Crippen molar-refractivity contribution in [1.29, 1.82) is 0 Å². The molecule has 22 heavy (non-hydrogen) atoms. The Morgan fingerprint density at radius 1 is 1.23 bits per heavy atom. The molecule has 1 aliphatic heterocycles. The molecule has 1 N–H and O–H groups in total. The molecule has 1 aromatic rings. The number of hydrogen-bond acceptors (Lipinski definition) is 3. The Labute approximate surface area is 132 Å². The van der Waals surface area contributed by atoms with Crippen molar-refractivity contribution >= 4 is 11.8 Å². The number of carbonyl (C=O) groups is 2. The van der Waals surface area contributed by atoms with Crippen LogP contribution < -0.4 is 5.32 Å². The van der Waals surface area contributed by atoms with Crippen molar-refractivity contribution in [1.82, 2.24) is 15.1 Å². The van der Waals surface area contributed by atoms with Crippen LogP contribution in [0.4, 0.5) is 0 Å². The van der Waals surface area contributed by atoms with Crippen molar-refractivity contribution in [2.45, 2.75) is 26.8 Å². The number of hydrogen-bond donors (Lipinski definition) is 1. The van der Waals surface area contributed by atoms with Crippen molar-refractivity contribution in [2.75, 3.05) is 32.7 Å². The summed E-state index contributed by atoms with van der Waals surface area (Å²) in [5.74, 6) is -0.0742. The van der Waals surface area contributed by atoms with Gasteiger partial charge in [0.25, 0.3) is 0 Å². The largest absolute Gasteiger partial charge is 0.355 e. The molecule has 5 nitrogen and oxygen atoms in total. The summed E-state index contributed by atoms with van der Waals surface area (Å²) in [6, 6.07) is 8.38. The highest BCUT2D eigenvalue weighted by molar-refractivity contribution is 5.85. The molecule has 120 valence electrons. The summed E-state index contributed by atoms with van der Waals surface area (Å²) in [6.45, 7) is 7.15. The van der Waals surface area contributed by atoms with E-state index in [2.05, 4.69) is 28.4 Å². The number of benzene rings is 1. The van der Waals surface area contributed by atoms with Crippen LogP contribution in [0.15, 0.2) is 24.3 Å². The quantitative estimate of drug-likeness (QED) is 0.854. The molecule has 0 aliphatic carbocycles. The highest BCUT2D eigenvalue weighted by atomic mass is 16.2. The maximum Gasteiger partial charge on any atom is 0.239 e. The average molecular weight is 303 g/mol. The summed E-state index contributed by atoms with van der Waals surface area (Å²) in [5.41, 5.74) is 2.68. The molecule has 1 heterocycles. The second-order valence-corrected chi connectivity index (χ2v) is 5.59. The molecule has 0 saturated heterocycles. The summed E-state index contributed by atoms with van der Waals surface area (Å²) >= 11 is 0. The van der Waals surface area contributed by atoms with E-state index in [1.807, 2.05) is 19.9 Å². The highest BCUT2D eigenvalue weighted by Gasteiger charge is 2.21. The number of carbonyl (C=O) groups excluding carboxylic acids is 2. The van der Waals surface area contributed by atoms with E-state index in [0.29, 0.717) is 19.6 Å². The molecule has 1 aromatic carbocycles. The SMILES string of the molecule is CCNC(=O)CN(CC)C(=O)CN1CCc2ccccc2C1. The number of nitrogens with zero attached hydrogens (tertiary/aromatic N) is 2. The molecular weight excluding hydrogens is 278 g/mol. The summed E-state index contributed by atoms with van der Waals surface area (Å²) in [5, 5.41) is 2.74. The average Bonchev–Trinajstić information content (AvgIpc) is 2.52. The minimum atomic E-state index is -0.0957. The van der Waals surface area contributed by atoms with E-state index < -0.39 is 0 Å². The van der Waals surface area contributed by atoms with Crippen LogP contribution in [0.25, 0.3) is 0 Å². The molecule has 0 aromatic heterocycles. The molecule has 2 rings (SSSR count). The second-order valence-electron chi connectivity index (χ2n) is 5.59. The Kier molecular flexibility index (Phi) is 5.95. The predicted octanol–water partition coefficient (Wildman–Crippen LogP) is 1.03. The van der Waals surface area contributed by atoms with Crippen LogP contribution in [0, 0.1) is 0 Å².